The number of halogens is 5. The number of nitriles is 1. The third-order valence-corrected chi connectivity index (χ3v) is 11.5. The monoisotopic (exact) mass is 645 g/mol. The highest BCUT2D eigenvalue weighted by Crippen LogP contribution is 2.45. The van der Waals surface area contributed by atoms with Crippen LogP contribution in [-0.4, -0.2) is 91.6 Å². The van der Waals surface area contributed by atoms with E-state index in [1.165, 1.54) is 6.07 Å². The van der Waals surface area contributed by atoms with Gasteiger partial charge < -0.3 is 15.1 Å². The summed E-state index contributed by atoms with van der Waals surface area (Å²) < 4.78 is 97.9. The Labute approximate surface area is 253 Å². The molecule has 0 spiro atoms. The molecule has 4 fully saturated rings. The second-order valence-corrected chi connectivity index (χ2v) is 15.6. The Morgan fingerprint density at radius 2 is 1.59 bits per heavy atom. The number of carbonyl (C=O) groups excluding carboxylic acids is 2. The van der Waals surface area contributed by atoms with E-state index in [2.05, 4.69) is 10.2 Å². The molecule has 1 unspecified atom stereocenters. The summed E-state index contributed by atoms with van der Waals surface area (Å²) in [4.78, 5) is 30.2. The van der Waals surface area contributed by atoms with Crippen LogP contribution < -0.4 is 10.2 Å². The van der Waals surface area contributed by atoms with Gasteiger partial charge in [-0.2, -0.15) is 18.4 Å². The predicted molar refractivity (Wildman–Crippen MR) is 149 cm³/mol. The minimum absolute atomic E-state index is 0.110. The number of hydrogen-bond acceptors (Lipinski definition) is 7. The van der Waals surface area contributed by atoms with Crippen LogP contribution in [0.15, 0.2) is 23.1 Å². The number of sulfone groups is 1. The van der Waals surface area contributed by atoms with Gasteiger partial charge in [0.25, 0.3) is 5.92 Å². The molecule has 2 saturated heterocycles. The van der Waals surface area contributed by atoms with E-state index in [1.54, 1.807) is 4.90 Å². The Balaban J connectivity index is 1.42. The maximum atomic E-state index is 14.4. The lowest BCUT2D eigenvalue weighted by Crippen LogP contribution is -2.60. The van der Waals surface area contributed by atoms with Crippen molar-refractivity contribution in [1.82, 2.24) is 15.1 Å². The second-order valence-electron chi connectivity index (χ2n) is 13.4. The van der Waals surface area contributed by atoms with E-state index >= 15 is 0 Å². The number of carbonyl (C=O) groups is 2. The van der Waals surface area contributed by atoms with Crippen LogP contribution in [0.5, 0.6) is 0 Å². The first-order valence-corrected chi connectivity index (χ1v) is 16.2. The zero-order chi connectivity index (χ0) is 32.5. The van der Waals surface area contributed by atoms with E-state index in [0.717, 1.165) is 17.0 Å². The van der Waals surface area contributed by atoms with Crippen molar-refractivity contribution in [3.63, 3.8) is 0 Å². The molecule has 0 radical (unpaired) electrons. The first-order chi connectivity index (χ1) is 20.3. The van der Waals surface area contributed by atoms with E-state index < -0.39 is 92.8 Å². The molecular formula is C29H36F5N5O4S. The molecular weight excluding hydrogens is 609 g/mol. The molecule has 2 aliphatic heterocycles. The van der Waals surface area contributed by atoms with Crippen molar-refractivity contribution in [2.45, 2.75) is 79.8 Å². The third-order valence-electron chi connectivity index (χ3n) is 9.26. The molecule has 0 bridgehead atoms. The van der Waals surface area contributed by atoms with Gasteiger partial charge in [0.05, 0.1) is 46.7 Å². The molecule has 2 heterocycles. The van der Waals surface area contributed by atoms with Crippen LogP contribution in [0.1, 0.15) is 52.0 Å². The molecule has 3 atom stereocenters. The number of hydrogen-bond donors (Lipinski definition) is 1. The highest BCUT2D eigenvalue weighted by atomic mass is 32.2. The first-order valence-electron chi connectivity index (χ1n) is 14.6. The number of anilines is 1. The fourth-order valence-electron chi connectivity index (χ4n) is 6.43. The molecule has 2 amide bonds. The maximum Gasteiger partial charge on any atom is 0.417 e. The smallest absolute Gasteiger partial charge is 0.369 e. The Morgan fingerprint density at radius 1 is 1.00 bits per heavy atom. The number of rotatable bonds is 6. The van der Waals surface area contributed by atoms with Crippen molar-refractivity contribution in [1.29, 1.82) is 5.26 Å². The van der Waals surface area contributed by atoms with E-state index in [0.29, 0.717) is 39.0 Å². The van der Waals surface area contributed by atoms with E-state index in [-0.39, 0.29) is 11.2 Å². The molecule has 5 rings (SSSR count). The SMILES string of the molecule is CC(C)(C)N1CCN(c2ccc(S(=O)(=O)[C@H]3CC(C(=O)N4CC(F)(F)C4)[C@H](C(=O)NC4(C#N)CC4)C3)c(C(F)(F)F)c2)CC1. The highest BCUT2D eigenvalue weighted by molar-refractivity contribution is 7.92. The molecule has 2 saturated carbocycles. The van der Waals surface area contributed by atoms with Gasteiger partial charge in [-0.25, -0.2) is 17.2 Å². The van der Waals surface area contributed by atoms with Crippen LogP contribution in [0.25, 0.3) is 0 Å². The van der Waals surface area contributed by atoms with E-state index in [1.807, 2.05) is 26.8 Å². The maximum absolute atomic E-state index is 14.4. The standard InChI is InChI=1S/C29H36F5N5O4S/c1-26(2,3)39-10-8-37(9-11-39)18-4-5-23(22(12-18)29(32,33)34)44(42,43)19-13-20(24(40)36-27(15-35)6-7-27)21(14-19)25(41)38-16-28(30,31)17-38/h4-5,12,19-21H,6-11,13-14,16-17H2,1-3H3,(H,36,40)/t19-,20-,21?/m1/s1. The Kier molecular flexibility index (Phi) is 7.97. The minimum atomic E-state index is -5.02. The lowest BCUT2D eigenvalue weighted by atomic mass is 9.92. The average molecular weight is 646 g/mol. The topological polar surface area (TPSA) is 114 Å². The Bertz CT molecular complexity index is 1470. The molecule has 15 heteroatoms. The lowest BCUT2D eigenvalue weighted by molar-refractivity contribution is -0.171. The van der Waals surface area contributed by atoms with Crippen LogP contribution in [0.3, 0.4) is 0 Å². The number of nitrogens with zero attached hydrogens (tertiary/aromatic N) is 4. The van der Waals surface area contributed by atoms with Crippen LogP contribution >= 0.6 is 0 Å². The molecule has 242 valence electrons. The van der Waals surface area contributed by atoms with Crippen molar-refractivity contribution in [2.24, 2.45) is 11.8 Å². The summed E-state index contributed by atoms with van der Waals surface area (Å²) >= 11 is 0. The fourth-order valence-corrected chi connectivity index (χ4v) is 8.45. The molecule has 9 nitrogen and oxygen atoms in total. The molecule has 1 aromatic carbocycles. The van der Waals surface area contributed by atoms with Gasteiger partial charge in [0, 0.05) is 37.4 Å². The first kappa shape index (κ1) is 32.4. The summed E-state index contributed by atoms with van der Waals surface area (Å²) in [6.07, 6.45) is -5.30. The van der Waals surface area contributed by atoms with Crippen LogP contribution in [-0.2, 0) is 25.6 Å². The molecule has 2 aliphatic carbocycles. The van der Waals surface area contributed by atoms with Crippen LogP contribution in [0, 0.1) is 23.2 Å². The number of benzene rings is 1. The normalized spacial score (nSPS) is 26.9. The fraction of sp³-hybridized carbons (Fsp3) is 0.690. The van der Waals surface area contributed by atoms with Crippen molar-refractivity contribution in [2.75, 3.05) is 44.2 Å². The van der Waals surface area contributed by atoms with Gasteiger partial charge in [0.15, 0.2) is 9.84 Å². The summed E-state index contributed by atoms with van der Waals surface area (Å²) in [7, 11) is -4.74. The average Bonchev–Trinajstić information content (AvgIpc) is 3.54. The van der Waals surface area contributed by atoms with Gasteiger partial charge in [-0.3, -0.25) is 14.5 Å². The summed E-state index contributed by atoms with van der Waals surface area (Å²) in [5.41, 5.74) is -2.37. The number of nitrogens with one attached hydrogen (secondary N) is 1. The lowest BCUT2D eigenvalue weighted by Gasteiger charge is -2.43. The molecule has 1 aromatic rings. The van der Waals surface area contributed by atoms with Gasteiger partial charge in [-0.15, -0.1) is 0 Å². The van der Waals surface area contributed by atoms with Crippen LogP contribution in [0.4, 0.5) is 27.6 Å². The minimum Gasteiger partial charge on any atom is -0.369 e. The van der Waals surface area contributed by atoms with Crippen LogP contribution in [0.2, 0.25) is 0 Å². The summed E-state index contributed by atoms with van der Waals surface area (Å²) in [5, 5.41) is 10.4. The van der Waals surface area contributed by atoms with Gasteiger partial charge in [0.2, 0.25) is 11.8 Å². The van der Waals surface area contributed by atoms with E-state index in [9.17, 15) is 45.2 Å². The molecule has 44 heavy (non-hydrogen) atoms. The van der Waals surface area contributed by atoms with Crippen molar-refractivity contribution >= 4 is 27.3 Å². The zero-order valence-corrected chi connectivity index (χ0v) is 25.6. The molecule has 4 aliphatic rings. The number of likely N-dealkylation sites (tertiary alicyclic amines) is 1. The summed E-state index contributed by atoms with van der Waals surface area (Å²) in [5.74, 6) is -7.40. The summed E-state index contributed by atoms with van der Waals surface area (Å²) in [6, 6.07) is 5.06. The van der Waals surface area contributed by atoms with Gasteiger partial charge >= 0.3 is 6.18 Å². The summed E-state index contributed by atoms with van der Waals surface area (Å²) in [6.45, 7) is 6.49. The Hall–Kier alpha value is -2.99. The van der Waals surface area contributed by atoms with Crippen molar-refractivity contribution in [3.05, 3.63) is 23.8 Å². The second kappa shape index (κ2) is 10.8. The predicted octanol–water partition coefficient (Wildman–Crippen LogP) is 3.44. The van der Waals surface area contributed by atoms with Crippen molar-refractivity contribution in [3.8, 4) is 6.07 Å². The van der Waals surface area contributed by atoms with E-state index in [4.69, 9.17) is 0 Å². The van der Waals surface area contributed by atoms with Gasteiger partial charge in [0.1, 0.15) is 5.54 Å². The van der Waals surface area contributed by atoms with Gasteiger partial charge in [-0.1, -0.05) is 0 Å². The Morgan fingerprint density at radius 3 is 2.09 bits per heavy atom. The third kappa shape index (κ3) is 6.24. The largest absolute Gasteiger partial charge is 0.417 e. The van der Waals surface area contributed by atoms with Gasteiger partial charge in [-0.05, 0) is 64.7 Å². The zero-order valence-electron chi connectivity index (χ0n) is 24.8. The number of alkyl halides is 5. The molecule has 0 aromatic heterocycles. The van der Waals surface area contributed by atoms with Crippen molar-refractivity contribution < 1.29 is 40.0 Å². The quantitative estimate of drug-likeness (QED) is 0.472. The highest BCUT2D eigenvalue weighted by Gasteiger charge is 2.55. The number of amides is 2. The molecule has 1 N–H and O–H groups in total. The number of piperazine rings is 1.